The number of carbonyl (C=O) groups is 2. The summed E-state index contributed by atoms with van der Waals surface area (Å²) in [5.41, 5.74) is 3.93. The molecule has 6 nitrogen and oxygen atoms in total. The van der Waals surface area contributed by atoms with E-state index >= 15 is 0 Å². The van der Waals surface area contributed by atoms with Crippen LogP contribution in [-0.2, 0) is 9.59 Å². The number of benzene rings is 1. The molecule has 27 heavy (non-hydrogen) atoms. The summed E-state index contributed by atoms with van der Waals surface area (Å²) in [7, 11) is 0. The smallest absolute Gasteiger partial charge is 0.320 e. The number of hydrogen-bond donors (Lipinski definition) is 3. The minimum Gasteiger partial charge on any atom is -0.481 e. The predicted molar refractivity (Wildman–Crippen MR) is 106 cm³/mol. The van der Waals surface area contributed by atoms with Crippen LogP contribution in [0.4, 0.5) is 0 Å². The van der Waals surface area contributed by atoms with Gasteiger partial charge in [0.2, 0.25) is 0 Å². The maximum absolute atomic E-state index is 11.7. The van der Waals surface area contributed by atoms with Crippen molar-refractivity contribution in [1.29, 1.82) is 0 Å². The summed E-state index contributed by atoms with van der Waals surface area (Å²) in [5.74, 6) is -2.68. The summed E-state index contributed by atoms with van der Waals surface area (Å²) in [6.07, 6.45) is 0.438. The number of thiazole rings is 1. The Balaban J connectivity index is 2.19. The summed E-state index contributed by atoms with van der Waals surface area (Å²) < 4.78 is 0. The quantitative estimate of drug-likeness (QED) is 0.604. The molecule has 0 amide bonds. The molecule has 2 aromatic rings. The van der Waals surface area contributed by atoms with E-state index in [9.17, 15) is 19.8 Å². The van der Waals surface area contributed by atoms with Gasteiger partial charge in [-0.1, -0.05) is 31.0 Å². The van der Waals surface area contributed by atoms with Gasteiger partial charge in [-0.15, -0.1) is 11.3 Å². The van der Waals surface area contributed by atoms with E-state index in [0.717, 1.165) is 22.4 Å². The molecule has 2 atom stereocenters. The molecule has 0 aliphatic rings. The highest BCUT2D eigenvalue weighted by atomic mass is 32.1. The molecule has 3 N–H and O–H groups in total. The third kappa shape index (κ3) is 5.87. The van der Waals surface area contributed by atoms with Crippen LogP contribution < -0.4 is 5.32 Å². The number of aromatic nitrogens is 1. The number of aryl methyl sites for hydroxylation is 2. The number of carboxylic acid groups (broad SMARTS) is 2. The first-order valence-electron chi connectivity index (χ1n) is 8.90. The van der Waals surface area contributed by atoms with Gasteiger partial charge >= 0.3 is 11.9 Å². The maximum atomic E-state index is 11.7. The first kappa shape index (κ1) is 21.1. The van der Waals surface area contributed by atoms with Crippen molar-refractivity contribution < 1.29 is 19.8 Å². The van der Waals surface area contributed by atoms with Crippen LogP contribution >= 0.6 is 11.3 Å². The molecular formula is C20H26N2O4S. The summed E-state index contributed by atoms with van der Waals surface area (Å²) >= 11 is 1.29. The van der Waals surface area contributed by atoms with E-state index in [-0.39, 0.29) is 12.5 Å². The molecule has 0 bridgehead atoms. The van der Waals surface area contributed by atoms with E-state index in [1.54, 1.807) is 0 Å². The van der Waals surface area contributed by atoms with Gasteiger partial charge in [0.1, 0.15) is 17.0 Å². The number of aliphatic carboxylic acids is 2. The van der Waals surface area contributed by atoms with Gasteiger partial charge in [-0.05, 0) is 38.3 Å². The average Bonchev–Trinajstić information content (AvgIpc) is 3.02. The molecule has 0 spiro atoms. The first-order chi connectivity index (χ1) is 12.7. The fourth-order valence-electron chi connectivity index (χ4n) is 2.99. The van der Waals surface area contributed by atoms with Gasteiger partial charge in [-0.2, -0.15) is 0 Å². The minimum atomic E-state index is -1.02. The van der Waals surface area contributed by atoms with Crippen LogP contribution in [0.15, 0.2) is 23.6 Å². The molecule has 146 valence electrons. The van der Waals surface area contributed by atoms with E-state index in [4.69, 9.17) is 0 Å². The number of nitrogens with zero attached hydrogens (tertiary/aromatic N) is 1. The molecule has 0 saturated carbocycles. The van der Waals surface area contributed by atoms with Gasteiger partial charge < -0.3 is 15.5 Å². The Kier molecular flexibility index (Phi) is 7.10. The zero-order valence-corrected chi connectivity index (χ0v) is 16.8. The van der Waals surface area contributed by atoms with E-state index < -0.39 is 23.9 Å². The molecular weight excluding hydrogens is 364 g/mol. The average molecular weight is 391 g/mol. The van der Waals surface area contributed by atoms with Crippen molar-refractivity contribution >= 4 is 23.3 Å². The van der Waals surface area contributed by atoms with Crippen molar-refractivity contribution in [3.63, 3.8) is 0 Å². The van der Waals surface area contributed by atoms with Crippen molar-refractivity contribution in [3.05, 3.63) is 39.7 Å². The third-order valence-corrected chi connectivity index (χ3v) is 5.17. The summed E-state index contributed by atoms with van der Waals surface area (Å²) in [6.45, 7) is 7.91. The van der Waals surface area contributed by atoms with Gasteiger partial charge in [0.05, 0.1) is 5.69 Å². The molecule has 1 aromatic carbocycles. The van der Waals surface area contributed by atoms with Gasteiger partial charge in [0, 0.05) is 17.5 Å². The molecule has 0 saturated heterocycles. The summed E-state index contributed by atoms with van der Waals surface area (Å²) in [6, 6.07) is 5.33. The largest absolute Gasteiger partial charge is 0.481 e. The third-order valence-electron chi connectivity index (χ3n) is 4.21. The van der Waals surface area contributed by atoms with Crippen molar-refractivity contribution in [2.75, 3.05) is 6.54 Å². The van der Waals surface area contributed by atoms with E-state index in [1.807, 2.05) is 45.2 Å². The number of nitrogens with one attached hydrogen (secondary N) is 1. The lowest BCUT2D eigenvalue weighted by molar-refractivity contribution is -0.142. The number of hydrogen-bond acceptors (Lipinski definition) is 5. The summed E-state index contributed by atoms with van der Waals surface area (Å²) in [5, 5.41) is 24.1. The van der Waals surface area contributed by atoms with Crippen LogP contribution in [-0.4, -0.2) is 39.7 Å². The Hall–Kier alpha value is -2.25. The van der Waals surface area contributed by atoms with Crippen LogP contribution in [0.25, 0.3) is 11.3 Å². The van der Waals surface area contributed by atoms with E-state index in [0.29, 0.717) is 11.4 Å². The second-order valence-electron chi connectivity index (χ2n) is 7.27. The lowest BCUT2D eigenvalue weighted by atomic mass is 10.0. The van der Waals surface area contributed by atoms with Gasteiger partial charge in [-0.25, -0.2) is 4.98 Å². The minimum absolute atomic E-state index is 0.0266. The Morgan fingerprint density at radius 1 is 1.11 bits per heavy atom. The number of rotatable bonds is 9. The lowest BCUT2D eigenvalue weighted by Crippen LogP contribution is -2.41. The van der Waals surface area contributed by atoms with Crippen LogP contribution in [0.2, 0.25) is 0 Å². The standard InChI is InChI=1S/C20H26N2O4S/c1-11(2)5-16(20(25)26)21-9-15(19(23)24)18-22-17(10-27-18)14-7-12(3)6-13(4)8-14/h6-8,10-11,15-16,21H,5,9H2,1-4H3,(H,23,24)(H,25,26). The second kappa shape index (κ2) is 9.10. The van der Waals surface area contributed by atoms with E-state index in [2.05, 4.69) is 16.4 Å². The Morgan fingerprint density at radius 2 is 1.74 bits per heavy atom. The molecule has 2 unspecified atom stereocenters. The number of carboxylic acids is 2. The van der Waals surface area contributed by atoms with E-state index in [1.165, 1.54) is 11.3 Å². The molecule has 0 fully saturated rings. The molecule has 0 aliphatic carbocycles. The Labute approximate surface area is 163 Å². The fourth-order valence-corrected chi connectivity index (χ4v) is 3.91. The van der Waals surface area contributed by atoms with Crippen LogP contribution in [0.5, 0.6) is 0 Å². The topological polar surface area (TPSA) is 99.5 Å². The highest BCUT2D eigenvalue weighted by molar-refractivity contribution is 7.10. The Bertz CT molecular complexity index is 796. The maximum Gasteiger partial charge on any atom is 0.320 e. The van der Waals surface area contributed by atoms with Crippen LogP contribution in [0.1, 0.15) is 42.3 Å². The van der Waals surface area contributed by atoms with Crippen molar-refractivity contribution in [3.8, 4) is 11.3 Å². The molecule has 1 aromatic heterocycles. The fraction of sp³-hybridized carbons (Fsp3) is 0.450. The Morgan fingerprint density at radius 3 is 2.26 bits per heavy atom. The normalized spacial score (nSPS) is 13.5. The highest BCUT2D eigenvalue weighted by Crippen LogP contribution is 2.28. The lowest BCUT2D eigenvalue weighted by Gasteiger charge is -2.18. The van der Waals surface area contributed by atoms with Crippen molar-refractivity contribution in [2.24, 2.45) is 5.92 Å². The van der Waals surface area contributed by atoms with Crippen molar-refractivity contribution in [1.82, 2.24) is 10.3 Å². The first-order valence-corrected chi connectivity index (χ1v) is 9.78. The molecule has 2 rings (SSSR count). The second-order valence-corrected chi connectivity index (χ2v) is 8.16. The van der Waals surface area contributed by atoms with Gasteiger partial charge in [-0.3, -0.25) is 9.59 Å². The van der Waals surface area contributed by atoms with Crippen molar-refractivity contribution in [2.45, 2.75) is 46.1 Å². The SMILES string of the molecule is Cc1cc(C)cc(-c2csc(C(CNC(CC(C)C)C(=O)O)C(=O)O)n2)c1. The van der Waals surface area contributed by atoms with Gasteiger partial charge in [0.15, 0.2) is 0 Å². The molecule has 0 aliphatic heterocycles. The molecule has 1 heterocycles. The predicted octanol–water partition coefficient (Wildman–Crippen LogP) is 3.68. The van der Waals surface area contributed by atoms with Crippen LogP contribution in [0.3, 0.4) is 0 Å². The zero-order chi connectivity index (χ0) is 20.1. The highest BCUT2D eigenvalue weighted by Gasteiger charge is 2.27. The van der Waals surface area contributed by atoms with Gasteiger partial charge in [0.25, 0.3) is 0 Å². The molecule has 7 heteroatoms. The van der Waals surface area contributed by atoms with Crippen LogP contribution in [0, 0.1) is 19.8 Å². The zero-order valence-electron chi connectivity index (χ0n) is 16.0. The summed E-state index contributed by atoms with van der Waals surface area (Å²) in [4.78, 5) is 27.6. The monoisotopic (exact) mass is 390 g/mol. The molecule has 0 radical (unpaired) electrons.